The molecule has 0 aliphatic carbocycles. The van der Waals surface area contributed by atoms with Gasteiger partial charge in [0, 0.05) is 33.4 Å². The topological polar surface area (TPSA) is 77.2 Å². The van der Waals surface area contributed by atoms with Gasteiger partial charge in [0.15, 0.2) is 5.69 Å². The van der Waals surface area contributed by atoms with Crippen LogP contribution >= 0.6 is 0 Å². The minimum atomic E-state index is -4.53. The Morgan fingerprint density at radius 3 is 2.23 bits per heavy atom. The van der Waals surface area contributed by atoms with E-state index in [-0.39, 0.29) is 5.69 Å². The Labute approximate surface area is 145 Å². The van der Waals surface area contributed by atoms with Gasteiger partial charge in [-0.05, 0) is 24.3 Å². The van der Waals surface area contributed by atoms with Crippen LogP contribution in [0, 0.1) is 0 Å². The molecule has 0 aliphatic heterocycles. The van der Waals surface area contributed by atoms with Crippen molar-refractivity contribution < 1.29 is 18.0 Å². The van der Waals surface area contributed by atoms with Crippen molar-refractivity contribution in [2.75, 3.05) is 14.1 Å². The van der Waals surface area contributed by atoms with Crippen LogP contribution in [0.4, 0.5) is 13.2 Å². The van der Waals surface area contributed by atoms with Crippen LogP contribution in [0.15, 0.2) is 46.1 Å². The molecule has 0 bridgehead atoms. The van der Waals surface area contributed by atoms with E-state index in [2.05, 4.69) is 5.10 Å². The summed E-state index contributed by atoms with van der Waals surface area (Å²) in [6.45, 7) is 0. The van der Waals surface area contributed by atoms with E-state index in [1.165, 1.54) is 6.20 Å². The Hall–Kier alpha value is -3.17. The highest BCUT2D eigenvalue weighted by Crippen LogP contribution is 2.29. The summed E-state index contributed by atoms with van der Waals surface area (Å²) in [6.07, 6.45) is -2.03. The molecule has 0 saturated carbocycles. The predicted molar refractivity (Wildman–Crippen MR) is 87.2 cm³/mol. The summed E-state index contributed by atoms with van der Waals surface area (Å²) in [5.41, 5.74) is -3.21. The number of nitrogens with zero attached hydrogens (tertiary/aromatic N) is 4. The van der Waals surface area contributed by atoms with Gasteiger partial charge in [0.05, 0.1) is 11.3 Å². The minimum Gasteiger partial charge on any atom is -0.383 e. The first-order chi connectivity index (χ1) is 12.0. The van der Waals surface area contributed by atoms with Gasteiger partial charge in [0.2, 0.25) is 5.78 Å². The van der Waals surface area contributed by atoms with Crippen molar-refractivity contribution in [1.29, 1.82) is 0 Å². The third-order valence-corrected chi connectivity index (χ3v) is 3.37. The second-order valence-corrected chi connectivity index (χ2v) is 5.60. The van der Waals surface area contributed by atoms with Gasteiger partial charge >= 0.3 is 11.9 Å². The van der Waals surface area contributed by atoms with E-state index in [9.17, 15) is 27.6 Å². The van der Waals surface area contributed by atoms with Gasteiger partial charge in [-0.25, -0.2) is 4.79 Å². The fourth-order valence-corrected chi connectivity index (χ4v) is 1.98. The molecule has 1 heterocycles. The average molecular weight is 368 g/mol. The Balaban J connectivity index is 2.58. The molecular formula is C16H15F3N4O3. The molecule has 2 aromatic rings. The highest BCUT2D eigenvalue weighted by molar-refractivity contribution is 6.02. The maximum Gasteiger partial charge on any atom is 0.416 e. The molecule has 0 spiro atoms. The summed E-state index contributed by atoms with van der Waals surface area (Å²) in [5, 5.41) is 3.74. The zero-order valence-corrected chi connectivity index (χ0v) is 14.1. The van der Waals surface area contributed by atoms with E-state index in [0.29, 0.717) is 9.25 Å². The monoisotopic (exact) mass is 368 g/mol. The smallest absolute Gasteiger partial charge is 0.383 e. The first-order valence-corrected chi connectivity index (χ1v) is 7.29. The minimum absolute atomic E-state index is 0.00996. The number of carbonyl (C=O) groups is 1. The molecule has 0 unspecified atom stereocenters. The summed E-state index contributed by atoms with van der Waals surface area (Å²) < 4.78 is 39.3. The van der Waals surface area contributed by atoms with Crippen LogP contribution in [-0.2, 0) is 13.2 Å². The summed E-state index contributed by atoms with van der Waals surface area (Å²) >= 11 is 0. The third-order valence-electron chi connectivity index (χ3n) is 3.37. The lowest BCUT2D eigenvalue weighted by molar-refractivity contribution is -0.137. The van der Waals surface area contributed by atoms with Crippen LogP contribution in [0.3, 0.4) is 0 Å². The molecule has 138 valence electrons. The van der Waals surface area contributed by atoms with Crippen molar-refractivity contribution in [3.63, 3.8) is 0 Å². The Kier molecular flexibility index (Phi) is 5.15. The fraction of sp³-hybridized carbons (Fsp3) is 0.250. The van der Waals surface area contributed by atoms with E-state index in [1.807, 2.05) is 0 Å². The molecule has 0 atom stereocenters. The largest absolute Gasteiger partial charge is 0.416 e. The van der Waals surface area contributed by atoms with Crippen LogP contribution in [0.25, 0.3) is 5.69 Å². The molecule has 7 nitrogen and oxygen atoms in total. The second kappa shape index (κ2) is 6.98. The zero-order chi connectivity index (χ0) is 19.6. The van der Waals surface area contributed by atoms with Crippen LogP contribution in [0.1, 0.15) is 16.1 Å². The number of hydrogen-bond donors (Lipinski definition) is 0. The molecule has 0 N–H and O–H groups in total. The van der Waals surface area contributed by atoms with Crippen molar-refractivity contribution in [1.82, 2.24) is 19.2 Å². The number of carbonyl (C=O) groups excluding carboxylic acids is 1. The highest BCUT2D eigenvalue weighted by Gasteiger charge is 2.30. The molecular weight excluding hydrogens is 353 g/mol. The molecule has 10 heteroatoms. The van der Waals surface area contributed by atoms with E-state index < -0.39 is 34.5 Å². The molecule has 1 aromatic carbocycles. The fourth-order valence-electron chi connectivity index (χ4n) is 1.98. The van der Waals surface area contributed by atoms with E-state index in [1.54, 1.807) is 19.0 Å². The Morgan fingerprint density at radius 1 is 1.15 bits per heavy atom. The van der Waals surface area contributed by atoms with E-state index >= 15 is 0 Å². The number of halogens is 3. The standard InChI is InChI=1S/C16H15F3N4O3/c1-21(2)9-8-12(24)13-14(25)22(3)15(26)23(20-13)11-6-4-10(5-7-11)16(17,18)19/h4-9H,1-3H3/b9-8+. The van der Waals surface area contributed by atoms with Crippen LogP contribution in [-0.4, -0.2) is 39.1 Å². The Morgan fingerprint density at radius 2 is 1.73 bits per heavy atom. The summed E-state index contributed by atoms with van der Waals surface area (Å²) in [6, 6.07) is 3.63. The molecule has 2 rings (SSSR count). The van der Waals surface area contributed by atoms with Crippen molar-refractivity contribution >= 4 is 5.78 Å². The van der Waals surface area contributed by atoms with Crippen LogP contribution < -0.4 is 11.2 Å². The first kappa shape index (κ1) is 19.2. The number of hydrogen-bond acceptors (Lipinski definition) is 5. The van der Waals surface area contributed by atoms with Crippen molar-refractivity contribution in [3.8, 4) is 5.69 Å². The third kappa shape index (κ3) is 3.90. The van der Waals surface area contributed by atoms with E-state index in [4.69, 9.17) is 0 Å². The lowest BCUT2D eigenvalue weighted by atomic mass is 10.2. The number of ketones is 1. The zero-order valence-electron chi connectivity index (χ0n) is 14.1. The molecule has 26 heavy (non-hydrogen) atoms. The molecule has 0 fully saturated rings. The lowest BCUT2D eigenvalue weighted by Crippen LogP contribution is -2.42. The summed E-state index contributed by atoms with van der Waals surface area (Å²) in [7, 11) is 4.48. The van der Waals surface area contributed by atoms with Gasteiger partial charge < -0.3 is 4.90 Å². The van der Waals surface area contributed by atoms with Gasteiger partial charge in [0.25, 0.3) is 5.56 Å². The van der Waals surface area contributed by atoms with Crippen molar-refractivity contribution in [3.05, 3.63) is 68.6 Å². The molecule has 0 saturated heterocycles. The normalized spacial score (nSPS) is 11.8. The SMILES string of the molecule is CN(C)/C=C/C(=O)c1nn(-c2ccc(C(F)(F)F)cc2)c(=O)n(C)c1=O. The molecule has 0 aliphatic rings. The number of allylic oxidation sites excluding steroid dienone is 1. The molecule has 0 amide bonds. The number of aromatic nitrogens is 3. The average Bonchev–Trinajstić information content (AvgIpc) is 2.57. The number of rotatable bonds is 4. The predicted octanol–water partition coefficient (Wildman–Crippen LogP) is 1.21. The summed E-state index contributed by atoms with van der Waals surface area (Å²) in [4.78, 5) is 38.0. The van der Waals surface area contributed by atoms with Crippen LogP contribution in [0.2, 0.25) is 0 Å². The van der Waals surface area contributed by atoms with Gasteiger partial charge in [-0.1, -0.05) is 0 Å². The molecule has 0 radical (unpaired) electrons. The number of benzene rings is 1. The number of alkyl halides is 3. The van der Waals surface area contributed by atoms with E-state index in [0.717, 1.165) is 37.4 Å². The Bertz CT molecular complexity index is 970. The van der Waals surface area contributed by atoms with Gasteiger partial charge in [-0.3, -0.25) is 14.2 Å². The summed E-state index contributed by atoms with van der Waals surface area (Å²) in [5.74, 6) is -0.736. The maximum atomic E-state index is 12.7. The quantitative estimate of drug-likeness (QED) is 0.599. The van der Waals surface area contributed by atoms with Gasteiger partial charge in [-0.2, -0.15) is 23.0 Å². The maximum absolute atomic E-state index is 12.7. The van der Waals surface area contributed by atoms with Crippen molar-refractivity contribution in [2.45, 2.75) is 6.18 Å². The lowest BCUT2D eigenvalue weighted by Gasteiger charge is -2.10. The van der Waals surface area contributed by atoms with Crippen molar-refractivity contribution in [2.24, 2.45) is 7.05 Å². The van der Waals surface area contributed by atoms with Gasteiger partial charge in [-0.15, -0.1) is 0 Å². The highest BCUT2D eigenvalue weighted by atomic mass is 19.4. The second-order valence-electron chi connectivity index (χ2n) is 5.60. The van der Waals surface area contributed by atoms with Gasteiger partial charge in [0.1, 0.15) is 0 Å². The van der Waals surface area contributed by atoms with Crippen LogP contribution in [0.5, 0.6) is 0 Å². The molecule has 1 aromatic heterocycles. The first-order valence-electron chi connectivity index (χ1n) is 7.29.